The molecule has 0 fully saturated rings. The molecule has 0 aliphatic heterocycles. The van der Waals surface area contributed by atoms with Gasteiger partial charge in [0.2, 0.25) is 0 Å². The second kappa shape index (κ2) is 6.14. The second-order valence-corrected chi connectivity index (χ2v) is 4.85. The highest BCUT2D eigenvalue weighted by atomic mass is 35.5. The number of hydrogen-bond donors (Lipinski definition) is 1. The molecule has 0 spiro atoms. The molecule has 0 saturated heterocycles. The van der Waals surface area contributed by atoms with Crippen LogP contribution in [0.1, 0.15) is 36.8 Å². The molecule has 0 heterocycles. The van der Waals surface area contributed by atoms with Crippen molar-refractivity contribution in [3.63, 3.8) is 0 Å². The van der Waals surface area contributed by atoms with Crippen molar-refractivity contribution in [2.24, 2.45) is 5.92 Å². The Balaban J connectivity index is 2.63. The summed E-state index contributed by atoms with van der Waals surface area (Å²) in [6.07, 6.45) is 1.72. The summed E-state index contributed by atoms with van der Waals surface area (Å²) in [6.45, 7) is 4.57. The monoisotopic (exact) mass is 226 g/mol. The SMILES string of the molecule is CC(C)Cc1ccc(C(Cl)CCO)cc1. The van der Waals surface area contributed by atoms with E-state index in [4.69, 9.17) is 16.7 Å². The minimum atomic E-state index is -0.0666. The molecule has 84 valence electrons. The van der Waals surface area contributed by atoms with E-state index in [0.29, 0.717) is 12.3 Å². The molecule has 0 aliphatic rings. The Labute approximate surface area is 97.1 Å². The normalized spacial score (nSPS) is 13.1. The van der Waals surface area contributed by atoms with Gasteiger partial charge in [0.1, 0.15) is 0 Å². The largest absolute Gasteiger partial charge is 0.396 e. The van der Waals surface area contributed by atoms with Gasteiger partial charge in [-0.2, -0.15) is 0 Å². The van der Waals surface area contributed by atoms with Gasteiger partial charge in [-0.05, 0) is 29.9 Å². The molecule has 1 unspecified atom stereocenters. The summed E-state index contributed by atoms with van der Waals surface area (Å²) >= 11 is 6.10. The summed E-state index contributed by atoms with van der Waals surface area (Å²) in [4.78, 5) is 0. The topological polar surface area (TPSA) is 20.2 Å². The van der Waals surface area contributed by atoms with E-state index >= 15 is 0 Å². The molecule has 15 heavy (non-hydrogen) atoms. The summed E-state index contributed by atoms with van der Waals surface area (Å²) in [5.41, 5.74) is 2.44. The summed E-state index contributed by atoms with van der Waals surface area (Å²) in [5, 5.41) is 8.72. The van der Waals surface area contributed by atoms with E-state index in [-0.39, 0.29) is 12.0 Å². The molecule has 0 bridgehead atoms. The Bertz CT molecular complexity index is 279. The molecule has 0 amide bonds. The van der Waals surface area contributed by atoms with Crippen molar-refractivity contribution in [2.75, 3.05) is 6.61 Å². The number of aliphatic hydroxyl groups is 1. The predicted octanol–water partition coefficient (Wildman–Crippen LogP) is 3.55. The third-order valence-corrected chi connectivity index (χ3v) is 2.84. The molecule has 1 aromatic carbocycles. The van der Waals surface area contributed by atoms with Crippen LogP contribution in [0.15, 0.2) is 24.3 Å². The van der Waals surface area contributed by atoms with Gasteiger partial charge in [-0.1, -0.05) is 38.1 Å². The zero-order valence-corrected chi connectivity index (χ0v) is 10.2. The molecule has 0 aliphatic carbocycles. The van der Waals surface area contributed by atoms with Crippen LogP contribution < -0.4 is 0 Å². The van der Waals surface area contributed by atoms with Crippen molar-refractivity contribution in [3.05, 3.63) is 35.4 Å². The van der Waals surface area contributed by atoms with Gasteiger partial charge in [0, 0.05) is 6.61 Å². The zero-order valence-electron chi connectivity index (χ0n) is 9.41. The highest BCUT2D eigenvalue weighted by Gasteiger charge is 2.06. The van der Waals surface area contributed by atoms with E-state index in [2.05, 4.69) is 38.1 Å². The highest BCUT2D eigenvalue weighted by molar-refractivity contribution is 6.20. The molecule has 1 N–H and O–H groups in total. The molecule has 1 aromatic rings. The molecular weight excluding hydrogens is 208 g/mol. The van der Waals surface area contributed by atoms with Gasteiger partial charge in [-0.15, -0.1) is 11.6 Å². The molecular formula is C13H19ClO. The van der Waals surface area contributed by atoms with Gasteiger partial charge < -0.3 is 5.11 Å². The van der Waals surface area contributed by atoms with Crippen LogP contribution in [0.2, 0.25) is 0 Å². The summed E-state index contributed by atoms with van der Waals surface area (Å²) in [7, 11) is 0. The fourth-order valence-corrected chi connectivity index (χ4v) is 1.86. The first kappa shape index (κ1) is 12.5. The first-order valence-corrected chi connectivity index (χ1v) is 5.91. The van der Waals surface area contributed by atoms with Crippen LogP contribution in [0, 0.1) is 5.92 Å². The Morgan fingerprint density at radius 2 is 1.80 bits per heavy atom. The molecule has 1 nitrogen and oxygen atoms in total. The van der Waals surface area contributed by atoms with Gasteiger partial charge in [0.25, 0.3) is 0 Å². The molecule has 0 radical (unpaired) electrons. The predicted molar refractivity (Wildman–Crippen MR) is 65.3 cm³/mol. The number of alkyl halides is 1. The van der Waals surface area contributed by atoms with Crippen LogP contribution in [-0.2, 0) is 6.42 Å². The van der Waals surface area contributed by atoms with Crippen molar-refractivity contribution < 1.29 is 5.11 Å². The van der Waals surface area contributed by atoms with Crippen molar-refractivity contribution >= 4 is 11.6 Å². The molecule has 1 atom stereocenters. The van der Waals surface area contributed by atoms with Crippen LogP contribution >= 0.6 is 11.6 Å². The van der Waals surface area contributed by atoms with Gasteiger partial charge in [0.05, 0.1) is 5.38 Å². The molecule has 0 saturated carbocycles. The zero-order chi connectivity index (χ0) is 11.3. The molecule has 1 rings (SSSR count). The summed E-state index contributed by atoms with van der Waals surface area (Å²) in [6, 6.07) is 8.38. The second-order valence-electron chi connectivity index (χ2n) is 4.32. The Kier molecular flexibility index (Phi) is 5.13. The third kappa shape index (κ3) is 4.23. The number of halogens is 1. The fourth-order valence-electron chi connectivity index (χ4n) is 1.61. The lowest BCUT2D eigenvalue weighted by atomic mass is 10.0. The quantitative estimate of drug-likeness (QED) is 0.762. The maximum atomic E-state index is 8.79. The smallest absolute Gasteiger partial charge is 0.0607 e. The number of rotatable bonds is 5. The average Bonchev–Trinajstić information content (AvgIpc) is 2.18. The van der Waals surface area contributed by atoms with Crippen LogP contribution in [0.5, 0.6) is 0 Å². The van der Waals surface area contributed by atoms with Crippen LogP contribution in [-0.4, -0.2) is 11.7 Å². The van der Waals surface area contributed by atoms with E-state index in [1.54, 1.807) is 0 Å². The molecule has 2 heteroatoms. The van der Waals surface area contributed by atoms with Gasteiger partial charge in [0.15, 0.2) is 0 Å². The lowest BCUT2D eigenvalue weighted by Gasteiger charge is -2.10. The average molecular weight is 227 g/mol. The van der Waals surface area contributed by atoms with Crippen molar-refractivity contribution in [2.45, 2.75) is 32.1 Å². The minimum absolute atomic E-state index is 0.0666. The van der Waals surface area contributed by atoms with Crippen LogP contribution in [0.3, 0.4) is 0 Å². The number of hydrogen-bond acceptors (Lipinski definition) is 1. The Hall–Kier alpha value is -0.530. The maximum absolute atomic E-state index is 8.79. The molecule has 0 aromatic heterocycles. The first-order chi connectivity index (χ1) is 7.13. The van der Waals surface area contributed by atoms with Crippen molar-refractivity contribution in [3.8, 4) is 0 Å². The lowest BCUT2D eigenvalue weighted by Crippen LogP contribution is -1.97. The standard InChI is InChI=1S/C13H19ClO/c1-10(2)9-11-3-5-12(6-4-11)13(14)7-8-15/h3-6,10,13,15H,7-9H2,1-2H3. The van der Waals surface area contributed by atoms with Crippen molar-refractivity contribution in [1.82, 2.24) is 0 Å². The first-order valence-electron chi connectivity index (χ1n) is 5.47. The van der Waals surface area contributed by atoms with E-state index in [1.165, 1.54) is 5.56 Å². The van der Waals surface area contributed by atoms with E-state index in [1.807, 2.05) is 0 Å². The fraction of sp³-hybridized carbons (Fsp3) is 0.538. The maximum Gasteiger partial charge on any atom is 0.0607 e. The van der Waals surface area contributed by atoms with Gasteiger partial charge >= 0.3 is 0 Å². The Morgan fingerprint density at radius 3 is 2.27 bits per heavy atom. The van der Waals surface area contributed by atoms with Gasteiger partial charge in [-0.25, -0.2) is 0 Å². The van der Waals surface area contributed by atoms with E-state index in [0.717, 1.165) is 12.0 Å². The number of aliphatic hydroxyl groups excluding tert-OH is 1. The minimum Gasteiger partial charge on any atom is -0.396 e. The van der Waals surface area contributed by atoms with Gasteiger partial charge in [-0.3, -0.25) is 0 Å². The van der Waals surface area contributed by atoms with E-state index in [9.17, 15) is 0 Å². The van der Waals surface area contributed by atoms with Crippen molar-refractivity contribution in [1.29, 1.82) is 0 Å². The van der Waals surface area contributed by atoms with E-state index < -0.39 is 0 Å². The number of benzene rings is 1. The summed E-state index contributed by atoms with van der Waals surface area (Å²) in [5.74, 6) is 0.681. The van der Waals surface area contributed by atoms with Crippen LogP contribution in [0.4, 0.5) is 0 Å². The van der Waals surface area contributed by atoms with Crippen LogP contribution in [0.25, 0.3) is 0 Å². The third-order valence-electron chi connectivity index (χ3n) is 2.37. The highest BCUT2D eigenvalue weighted by Crippen LogP contribution is 2.24. The Morgan fingerprint density at radius 1 is 1.20 bits per heavy atom. The summed E-state index contributed by atoms with van der Waals surface area (Å²) < 4.78 is 0. The lowest BCUT2D eigenvalue weighted by molar-refractivity contribution is 0.286.